The van der Waals surface area contributed by atoms with E-state index in [1.807, 2.05) is 4.90 Å². The maximum Gasteiger partial charge on any atom is 0.258 e. The largest absolute Gasteiger partial charge is 0.342 e. The van der Waals surface area contributed by atoms with Crippen LogP contribution in [0.15, 0.2) is 23.0 Å². The molecule has 1 aromatic carbocycles. The number of amides is 2. The van der Waals surface area contributed by atoms with Crippen LogP contribution in [-0.2, 0) is 9.59 Å². The number of rotatable bonds is 3. The van der Waals surface area contributed by atoms with Crippen molar-refractivity contribution in [1.82, 2.24) is 9.97 Å². The Balaban J connectivity index is 1.65. The Hall–Kier alpha value is -2.58. The average Bonchev–Trinajstić information content (AvgIpc) is 2.65. The number of benzene rings is 1. The van der Waals surface area contributed by atoms with Gasteiger partial charge in [-0.15, -0.1) is 0 Å². The van der Waals surface area contributed by atoms with Crippen LogP contribution in [-0.4, -0.2) is 34.9 Å². The third kappa shape index (κ3) is 4.70. The second-order valence-electron chi connectivity index (χ2n) is 8.46. The van der Waals surface area contributed by atoms with E-state index in [4.69, 9.17) is 23.2 Å². The van der Waals surface area contributed by atoms with Crippen LogP contribution in [0.2, 0.25) is 10.0 Å². The van der Waals surface area contributed by atoms with Crippen LogP contribution in [0.25, 0.3) is 0 Å². The lowest BCUT2D eigenvalue weighted by Gasteiger charge is -2.35. The van der Waals surface area contributed by atoms with Crippen molar-refractivity contribution in [2.45, 2.75) is 32.6 Å². The predicted molar refractivity (Wildman–Crippen MR) is 121 cm³/mol. The number of H-pyrrole nitrogens is 1. The quantitative estimate of drug-likeness (QED) is 0.643. The van der Waals surface area contributed by atoms with Crippen LogP contribution in [0, 0.1) is 11.8 Å². The summed E-state index contributed by atoms with van der Waals surface area (Å²) in [6, 6.07) is 4.62. The molecule has 0 spiro atoms. The van der Waals surface area contributed by atoms with E-state index in [2.05, 4.69) is 34.4 Å². The zero-order chi connectivity index (χ0) is 22.3. The number of hydrogen-bond acceptors (Lipinski definition) is 5. The van der Waals surface area contributed by atoms with Gasteiger partial charge in [0.05, 0.1) is 11.5 Å². The van der Waals surface area contributed by atoms with Gasteiger partial charge in [0.25, 0.3) is 5.56 Å². The summed E-state index contributed by atoms with van der Waals surface area (Å²) < 4.78 is 0. The fraction of sp³-hybridized carbons (Fsp3) is 0.429. The lowest BCUT2D eigenvalue weighted by atomic mass is 9.91. The second kappa shape index (κ2) is 8.51. The van der Waals surface area contributed by atoms with E-state index in [1.165, 1.54) is 0 Å². The van der Waals surface area contributed by atoms with Crippen LogP contribution in [0.1, 0.15) is 38.2 Å². The summed E-state index contributed by atoms with van der Waals surface area (Å²) in [6.45, 7) is 5.84. The predicted octanol–water partition coefficient (Wildman–Crippen LogP) is 3.62. The van der Waals surface area contributed by atoms with Crippen molar-refractivity contribution in [2.75, 3.05) is 28.6 Å². The molecule has 0 saturated carbocycles. The maximum absolute atomic E-state index is 13.0. The van der Waals surface area contributed by atoms with Gasteiger partial charge >= 0.3 is 0 Å². The SMILES string of the molecule is C[C@H]1C[C@H](C)CN(c2nc3c(c(=O)[nH]2)[C@@H](C(=O)Nc2cc(Cl)cc(Cl)c2)CC(=O)N3)C1. The molecule has 31 heavy (non-hydrogen) atoms. The Morgan fingerprint density at radius 2 is 1.77 bits per heavy atom. The number of carbonyl (C=O) groups excluding carboxylic acids is 2. The first-order valence-electron chi connectivity index (χ1n) is 10.2. The van der Waals surface area contributed by atoms with Gasteiger partial charge in [0.1, 0.15) is 5.82 Å². The van der Waals surface area contributed by atoms with Gasteiger partial charge in [-0.05, 0) is 36.5 Å². The molecule has 10 heteroatoms. The molecule has 1 aromatic heterocycles. The molecular formula is C21H23Cl2N5O3. The molecule has 4 rings (SSSR count). The van der Waals surface area contributed by atoms with Gasteiger partial charge in [-0.2, -0.15) is 4.98 Å². The summed E-state index contributed by atoms with van der Waals surface area (Å²) in [5, 5.41) is 6.06. The molecule has 2 aliphatic rings. The lowest BCUT2D eigenvalue weighted by molar-refractivity contribution is -0.123. The molecule has 8 nitrogen and oxygen atoms in total. The molecular weight excluding hydrogens is 441 g/mol. The monoisotopic (exact) mass is 463 g/mol. The maximum atomic E-state index is 13.0. The van der Waals surface area contributed by atoms with E-state index in [-0.39, 0.29) is 23.7 Å². The zero-order valence-electron chi connectivity index (χ0n) is 17.2. The van der Waals surface area contributed by atoms with E-state index in [9.17, 15) is 14.4 Å². The number of nitrogens with one attached hydrogen (secondary N) is 3. The molecule has 3 atom stereocenters. The third-order valence-electron chi connectivity index (χ3n) is 5.55. The van der Waals surface area contributed by atoms with Gasteiger partial charge in [0.15, 0.2) is 0 Å². The van der Waals surface area contributed by atoms with Crippen LogP contribution in [0.5, 0.6) is 0 Å². The van der Waals surface area contributed by atoms with Crippen molar-refractivity contribution in [3.05, 3.63) is 44.2 Å². The number of aromatic amines is 1. The summed E-state index contributed by atoms with van der Waals surface area (Å²) in [5.41, 5.74) is 0.0922. The zero-order valence-corrected chi connectivity index (χ0v) is 18.7. The topological polar surface area (TPSA) is 107 Å². The third-order valence-corrected chi connectivity index (χ3v) is 5.99. The summed E-state index contributed by atoms with van der Waals surface area (Å²) in [4.78, 5) is 47.6. The number of piperidine rings is 1. The summed E-state index contributed by atoms with van der Waals surface area (Å²) in [7, 11) is 0. The Morgan fingerprint density at radius 1 is 1.13 bits per heavy atom. The highest BCUT2D eigenvalue weighted by Crippen LogP contribution is 2.32. The Kier molecular flexibility index (Phi) is 5.94. The van der Waals surface area contributed by atoms with Crippen molar-refractivity contribution in [3.8, 4) is 0 Å². The number of anilines is 3. The molecule has 0 radical (unpaired) electrons. The fourth-order valence-corrected chi connectivity index (χ4v) is 4.95. The van der Waals surface area contributed by atoms with E-state index in [0.29, 0.717) is 33.5 Å². The minimum absolute atomic E-state index is 0.130. The number of aromatic nitrogens is 2. The van der Waals surface area contributed by atoms with Gasteiger partial charge in [0, 0.05) is 35.2 Å². The smallest absolute Gasteiger partial charge is 0.258 e. The Morgan fingerprint density at radius 3 is 2.42 bits per heavy atom. The van der Waals surface area contributed by atoms with Crippen molar-refractivity contribution < 1.29 is 9.59 Å². The van der Waals surface area contributed by atoms with E-state index >= 15 is 0 Å². The van der Waals surface area contributed by atoms with E-state index in [0.717, 1.165) is 19.5 Å². The van der Waals surface area contributed by atoms with Crippen molar-refractivity contribution >= 4 is 52.5 Å². The first-order valence-corrected chi connectivity index (χ1v) is 10.9. The highest BCUT2D eigenvalue weighted by molar-refractivity contribution is 6.35. The van der Waals surface area contributed by atoms with Crippen molar-refractivity contribution in [2.24, 2.45) is 11.8 Å². The van der Waals surface area contributed by atoms with E-state index in [1.54, 1.807) is 18.2 Å². The molecule has 2 aromatic rings. The minimum Gasteiger partial charge on any atom is -0.342 e. The number of carbonyl (C=O) groups is 2. The summed E-state index contributed by atoms with van der Waals surface area (Å²) >= 11 is 12.0. The lowest BCUT2D eigenvalue weighted by Crippen LogP contribution is -2.42. The molecule has 0 bridgehead atoms. The fourth-order valence-electron chi connectivity index (χ4n) is 4.42. The standard InChI is InChI=1S/C21H23Cl2N5O3/c1-10-3-11(2)9-28(8-10)21-26-18-17(20(31)27-21)15(7-16(29)25-18)19(30)24-14-5-12(22)4-13(23)6-14/h4-6,10-11,15H,3,7-9H2,1-2H3,(H,24,30)(H2,25,26,27,29,31)/t10-,11-,15-/m0/s1. The number of halogens is 2. The van der Waals surface area contributed by atoms with E-state index < -0.39 is 17.4 Å². The van der Waals surface area contributed by atoms with Gasteiger partial charge in [0.2, 0.25) is 17.8 Å². The molecule has 3 heterocycles. The molecule has 1 saturated heterocycles. The Bertz CT molecular complexity index is 1070. The highest BCUT2D eigenvalue weighted by Gasteiger charge is 2.35. The van der Waals surface area contributed by atoms with Gasteiger partial charge in [-0.3, -0.25) is 19.4 Å². The van der Waals surface area contributed by atoms with Crippen molar-refractivity contribution in [1.29, 1.82) is 0 Å². The molecule has 164 valence electrons. The Labute approximate surface area is 189 Å². The normalized spacial score (nSPS) is 23.2. The average molecular weight is 464 g/mol. The van der Waals surface area contributed by atoms with Crippen LogP contribution in [0.3, 0.4) is 0 Å². The number of hydrogen-bond donors (Lipinski definition) is 3. The molecule has 2 amide bonds. The molecule has 2 aliphatic heterocycles. The van der Waals surface area contributed by atoms with Gasteiger partial charge in [-0.25, -0.2) is 0 Å². The number of nitrogens with zero attached hydrogens (tertiary/aromatic N) is 2. The first-order chi connectivity index (χ1) is 14.7. The number of fused-ring (bicyclic) bond motifs is 1. The molecule has 0 aliphatic carbocycles. The summed E-state index contributed by atoms with van der Waals surface area (Å²) in [5.74, 6) is -0.400. The highest BCUT2D eigenvalue weighted by atomic mass is 35.5. The van der Waals surface area contributed by atoms with Crippen molar-refractivity contribution in [3.63, 3.8) is 0 Å². The molecule has 1 fully saturated rings. The molecule has 0 unspecified atom stereocenters. The first kappa shape index (κ1) is 21.6. The summed E-state index contributed by atoms with van der Waals surface area (Å²) in [6.07, 6.45) is 0.952. The second-order valence-corrected chi connectivity index (χ2v) is 9.33. The molecule has 3 N–H and O–H groups in total. The van der Waals surface area contributed by atoms with Gasteiger partial charge in [-0.1, -0.05) is 37.0 Å². The van der Waals surface area contributed by atoms with Crippen LogP contribution in [0.4, 0.5) is 17.5 Å². The minimum atomic E-state index is -0.981. The van der Waals surface area contributed by atoms with Crippen LogP contribution >= 0.6 is 23.2 Å². The van der Waals surface area contributed by atoms with Gasteiger partial charge < -0.3 is 15.5 Å². The van der Waals surface area contributed by atoms with Crippen LogP contribution < -0.4 is 21.1 Å².